The monoisotopic (exact) mass is 162 g/mol. The van der Waals surface area contributed by atoms with E-state index in [9.17, 15) is 9.90 Å². The summed E-state index contributed by atoms with van der Waals surface area (Å²) in [7, 11) is 0. The molecule has 12 heavy (non-hydrogen) atoms. The van der Waals surface area contributed by atoms with E-state index in [0.29, 0.717) is 17.8 Å². The molecule has 6 rings (SSSR count). The lowest BCUT2D eigenvalue weighted by atomic mass is 9.13. The van der Waals surface area contributed by atoms with Crippen LogP contribution in [0.3, 0.4) is 0 Å². The quantitative estimate of drug-likeness (QED) is 0.620. The minimum absolute atomic E-state index is 0.132. The van der Waals surface area contributed by atoms with Crippen molar-refractivity contribution in [2.45, 2.75) is 6.42 Å². The van der Waals surface area contributed by atoms with E-state index in [4.69, 9.17) is 0 Å². The largest absolute Gasteiger partial charge is 0.481 e. The second kappa shape index (κ2) is 1.01. The van der Waals surface area contributed by atoms with Gasteiger partial charge in [-0.3, -0.25) is 4.79 Å². The third kappa shape index (κ3) is 0.192. The molecule has 2 nitrogen and oxygen atoms in total. The molecule has 0 spiro atoms. The lowest BCUT2D eigenvalue weighted by Gasteiger charge is -2.89. The van der Waals surface area contributed by atoms with Crippen LogP contribution in [0.5, 0.6) is 0 Å². The van der Waals surface area contributed by atoms with Crippen LogP contribution >= 0.6 is 0 Å². The van der Waals surface area contributed by atoms with Gasteiger partial charge < -0.3 is 5.11 Å². The topological polar surface area (TPSA) is 37.3 Å². The van der Waals surface area contributed by atoms with Gasteiger partial charge in [0.25, 0.3) is 0 Å². The highest BCUT2D eigenvalue weighted by atomic mass is 16.4. The van der Waals surface area contributed by atoms with Crippen molar-refractivity contribution in [1.82, 2.24) is 0 Å². The van der Waals surface area contributed by atoms with Crippen LogP contribution in [0.15, 0.2) is 0 Å². The number of aliphatic carboxylic acids is 1. The Labute approximate surface area is 70.0 Å². The van der Waals surface area contributed by atoms with E-state index >= 15 is 0 Å². The van der Waals surface area contributed by atoms with Crippen LogP contribution in [0, 0.1) is 46.8 Å². The highest BCUT2D eigenvalue weighted by Gasteiger charge is 3.00. The first-order chi connectivity index (χ1) is 5.79. The summed E-state index contributed by atoms with van der Waals surface area (Å²) in [5.74, 6) is 5.16. The number of carbonyl (C=O) groups is 1. The molecule has 4 unspecified atom stereocenters. The molecular formula is C10H10O2. The molecule has 6 aliphatic rings. The number of hydrogen-bond acceptors (Lipinski definition) is 1. The Balaban J connectivity index is 1.78. The zero-order valence-electron chi connectivity index (χ0n) is 6.60. The van der Waals surface area contributed by atoms with E-state index in [-0.39, 0.29) is 5.41 Å². The van der Waals surface area contributed by atoms with Crippen molar-refractivity contribution in [3.8, 4) is 0 Å². The Kier molecular flexibility index (Phi) is 0.443. The maximum absolute atomic E-state index is 11.1. The molecule has 0 saturated heterocycles. The number of hydrogen-bond donors (Lipinski definition) is 1. The molecule has 2 bridgehead atoms. The third-order valence-electron chi connectivity index (χ3n) is 6.14. The molecule has 0 radical (unpaired) electrons. The third-order valence-corrected chi connectivity index (χ3v) is 6.14. The molecule has 62 valence electrons. The van der Waals surface area contributed by atoms with Crippen molar-refractivity contribution >= 4 is 5.97 Å². The standard InChI is InChI=1S/C10H10O2/c11-9(12)10-6-3-1-2-4(6)8(10)5(2)7(3)10/h2-8H,1H2,(H,11,12)/t2?,3?,4-,5+,6-,7+,8?,10?. The lowest BCUT2D eigenvalue weighted by molar-refractivity contribution is -0.430. The van der Waals surface area contributed by atoms with Crippen LogP contribution in [0.1, 0.15) is 6.42 Å². The molecule has 0 aromatic carbocycles. The molecule has 0 amide bonds. The van der Waals surface area contributed by atoms with Gasteiger partial charge in [-0.1, -0.05) is 0 Å². The highest BCUT2D eigenvalue weighted by molar-refractivity contribution is 5.84. The van der Waals surface area contributed by atoms with E-state index < -0.39 is 5.97 Å². The van der Waals surface area contributed by atoms with Gasteiger partial charge in [-0.2, -0.15) is 0 Å². The van der Waals surface area contributed by atoms with E-state index in [1.54, 1.807) is 0 Å². The fraction of sp³-hybridized carbons (Fsp3) is 0.900. The Morgan fingerprint density at radius 3 is 2.33 bits per heavy atom. The molecule has 6 fully saturated rings. The minimum atomic E-state index is -0.452. The molecule has 6 saturated carbocycles. The van der Waals surface area contributed by atoms with Gasteiger partial charge in [0.2, 0.25) is 0 Å². The number of carboxylic acid groups (broad SMARTS) is 1. The SMILES string of the molecule is O=C(O)C12C3[C@@H]4C5CC([C@H]41)[C@H]2[C@H]53. The zero-order chi connectivity index (χ0) is 7.83. The summed E-state index contributed by atoms with van der Waals surface area (Å²) in [6.07, 6.45) is 1.40. The summed E-state index contributed by atoms with van der Waals surface area (Å²) < 4.78 is 0. The van der Waals surface area contributed by atoms with Crippen molar-refractivity contribution in [3.63, 3.8) is 0 Å². The van der Waals surface area contributed by atoms with E-state index in [2.05, 4.69) is 0 Å². The predicted molar refractivity (Wildman–Crippen MR) is 39.1 cm³/mol. The molecule has 6 aliphatic carbocycles. The first-order valence-corrected chi connectivity index (χ1v) is 5.03. The summed E-state index contributed by atoms with van der Waals surface area (Å²) in [5.41, 5.74) is -0.132. The summed E-state index contributed by atoms with van der Waals surface area (Å²) in [6, 6.07) is 0. The Morgan fingerprint density at radius 1 is 1.17 bits per heavy atom. The van der Waals surface area contributed by atoms with Crippen molar-refractivity contribution in [1.29, 1.82) is 0 Å². The highest BCUT2D eigenvalue weighted by Crippen LogP contribution is 2.99. The van der Waals surface area contributed by atoms with Crippen LogP contribution in [0.2, 0.25) is 0 Å². The Morgan fingerprint density at radius 2 is 1.83 bits per heavy atom. The summed E-state index contributed by atoms with van der Waals surface area (Å²) in [6.45, 7) is 0. The average molecular weight is 162 g/mol. The molecule has 8 atom stereocenters. The molecule has 1 N–H and O–H groups in total. The molecule has 0 aromatic rings. The van der Waals surface area contributed by atoms with Crippen molar-refractivity contribution < 1.29 is 9.90 Å². The number of rotatable bonds is 1. The van der Waals surface area contributed by atoms with Crippen LogP contribution in [-0.2, 0) is 4.79 Å². The molecule has 0 heterocycles. The van der Waals surface area contributed by atoms with Crippen molar-refractivity contribution in [2.75, 3.05) is 0 Å². The summed E-state index contributed by atoms with van der Waals surface area (Å²) in [4.78, 5) is 11.1. The average Bonchev–Trinajstić information content (AvgIpc) is 2.27. The predicted octanol–water partition coefficient (Wildman–Crippen LogP) is 0.829. The maximum Gasteiger partial charge on any atom is 0.310 e. The molecule has 0 aliphatic heterocycles. The molecule has 0 aromatic heterocycles. The summed E-state index contributed by atoms with van der Waals surface area (Å²) in [5, 5.41) is 9.19. The van der Waals surface area contributed by atoms with E-state index in [0.717, 1.165) is 23.7 Å². The van der Waals surface area contributed by atoms with Gasteiger partial charge in [-0.05, 0) is 47.8 Å². The lowest BCUT2D eigenvalue weighted by Crippen LogP contribution is -2.90. The van der Waals surface area contributed by atoms with Crippen LogP contribution in [0.25, 0.3) is 0 Å². The van der Waals surface area contributed by atoms with Crippen LogP contribution in [0.4, 0.5) is 0 Å². The minimum Gasteiger partial charge on any atom is -0.481 e. The van der Waals surface area contributed by atoms with Crippen LogP contribution in [-0.4, -0.2) is 11.1 Å². The maximum atomic E-state index is 11.1. The van der Waals surface area contributed by atoms with E-state index in [1.165, 1.54) is 6.42 Å². The summed E-state index contributed by atoms with van der Waals surface area (Å²) >= 11 is 0. The Hall–Kier alpha value is -0.530. The van der Waals surface area contributed by atoms with Gasteiger partial charge in [0.1, 0.15) is 0 Å². The van der Waals surface area contributed by atoms with Gasteiger partial charge in [-0.15, -0.1) is 0 Å². The first kappa shape index (κ1) is 5.25. The van der Waals surface area contributed by atoms with Gasteiger partial charge >= 0.3 is 5.97 Å². The van der Waals surface area contributed by atoms with Gasteiger partial charge in [0.15, 0.2) is 0 Å². The molecular weight excluding hydrogens is 152 g/mol. The second-order valence-electron chi connectivity index (χ2n) is 5.53. The van der Waals surface area contributed by atoms with Gasteiger partial charge in [-0.25, -0.2) is 0 Å². The van der Waals surface area contributed by atoms with Crippen LogP contribution < -0.4 is 0 Å². The fourth-order valence-electron chi connectivity index (χ4n) is 6.32. The zero-order valence-corrected chi connectivity index (χ0v) is 6.60. The molecule has 2 heteroatoms. The van der Waals surface area contributed by atoms with Gasteiger partial charge in [0.05, 0.1) is 5.41 Å². The van der Waals surface area contributed by atoms with E-state index in [1.807, 2.05) is 0 Å². The van der Waals surface area contributed by atoms with Gasteiger partial charge in [0, 0.05) is 0 Å². The second-order valence-corrected chi connectivity index (χ2v) is 5.53. The normalized spacial score (nSPS) is 82.8. The number of carboxylic acids is 1. The smallest absolute Gasteiger partial charge is 0.310 e. The van der Waals surface area contributed by atoms with Crippen molar-refractivity contribution in [2.24, 2.45) is 46.8 Å². The van der Waals surface area contributed by atoms with Crippen molar-refractivity contribution in [3.05, 3.63) is 0 Å². The Bertz CT molecular complexity index is 324. The first-order valence-electron chi connectivity index (χ1n) is 5.03. The fourth-order valence-corrected chi connectivity index (χ4v) is 6.32.